The minimum absolute atomic E-state index is 0.193. The van der Waals surface area contributed by atoms with E-state index in [1.54, 1.807) is 30.0 Å². The van der Waals surface area contributed by atoms with Gasteiger partial charge in [0.1, 0.15) is 0 Å². The Morgan fingerprint density at radius 3 is 2.81 bits per heavy atom. The first-order chi connectivity index (χ1) is 7.61. The zero-order chi connectivity index (χ0) is 12.0. The summed E-state index contributed by atoms with van der Waals surface area (Å²) >= 11 is 1.68. The molecule has 0 spiro atoms. The Morgan fingerprint density at radius 2 is 2.19 bits per heavy atom. The number of nitro groups is 1. The van der Waals surface area contributed by atoms with Crippen LogP contribution in [-0.2, 0) is 5.75 Å². The SMILES string of the molecule is CC(N)CCSCc1ccccc1[N+](=O)[O-]. The molecule has 1 atom stereocenters. The fraction of sp³-hybridized carbons (Fsp3) is 0.455. The van der Waals surface area contributed by atoms with E-state index in [-0.39, 0.29) is 16.7 Å². The zero-order valence-electron chi connectivity index (χ0n) is 9.26. The van der Waals surface area contributed by atoms with Crippen molar-refractivity contribution in [3.63, 3.8) is 0 Å². The average molecular weight is 240 g/mol. The standard InChI is InChI=1S/C11H16N2O2S/c1-9(12)6-7-16-8-10-4-2-3-5-11(10)13(14)15/h2-5,9H,6-8,12H2,1H3. The normalized spacial score (nSPS) is 12.4. The Morgan fingerprint density at radius 1 is 1.50 bits per heavy atom. The molecule has 4 nitrogen and oxygen atoms in total. The summed E-state index contributed by atoms with van der Waals surface area (Å²) in [4.78, 5) is 10.4. The van der Waals surface area contributed by atoms with Gasteiger partial charge in [0.2, 0.25) is 0 Å². The average Bonchev–Trinajstić information content (AvgIpc) is 2.24. The van der Waals surface area contributed by atoms with Gasteiger partial charge in [-0.2, -0.15) is 11.8 Å². The second-order valence-electron chi connectivity index (χ2n) is 3.70. The molecule has 1 aromatic rings. The van der Waals surface area contributed by atoms with Gasteiger partial charge in [-0.3, -0.25) is 10.1 Å². The van der Waals surface area contributed by atoms with Gasteiger partial charge in [-0.05, 0) is 19.1 Å². The number of nitrogens with two attached hydrogens (primary N) is 1. The maximum atomic E-state index is 10.7. The third kappa shape index (κ3) is 4.20. The summed E-state index contributed by atoms with van der Waals surface area (Å²) < 4.78 is 0. The Kier molecular flexibility index (Phi) is 5.28. The van der Waals surface area contributed by atoms with Crippen LogP contribution in [0.5, 0.6) is 0 Å². The van der Waals surface area contributed by atoms with Crippen molar-refractivity contribution >= 4 is 17.4 Å². The monoisotopic (exact) mass is 240 g/mol. The first-order valence-electron chi connectivity index (χ1n) is 5.17. The summed E-state index contributed by atoms with van der Waals surface area (Å²) in [6.45, 7) is 1.96. The maximum absolute atomic E-state index is 10.7. The third-order valence-corrected chi connectivity index (χ3v) is 3.20. The lowest BCUT2D eigenvalue weighted by atomic mass is 10.2. The molecule has 0 fully saturated rings. The quantitative estimate of drug-likeness (QED) is 0.471. The molecule has 16 heavy (non-hydrogen) atoms. The molecule has 0 radical (unpaired) electrons. The molecule has 88 valence electrons. The van der Waals surface area contributed by atoms with Crippen LogP contribution in [0, 0.1) is 10.1 Å². The van der Waals surface area contributed by atoms with Crippen LogP contribution in [0.3, 0.4) is 0 Å². The van der Waals surface area contributed by atoms with Crippen molar-refractivity contribution in [2.24, 2.45) is 5.73 Å². The molecule has 0 aliphatic heterocycles. The van der Waals surface area contributed by atoms with Crippen molar-refractivity contribution in [1.29, 1.82) is 0 Å². The van der Waals surface area contributed by atoms with Gasteiger partial charge < -0.3 is 5.73 Å². The molecule has 0 heterocycles. The number of nitro benzene ring substituents is 1. The van der Waals surface area contributed by atoms with E-state index in [2.05, 4.69) is 0 Å². The van der Waals surface area contributed by atoms with Crippen LogP contribution in [0.4, 0.5) is 5.69 Å². The molecule has 0 aliphatic carbocycles. The summed E-state index contributed by atoms with van der Waals surface area (Å²) in [5, 5.41) is 10.7. The fourth-order valence-corrected chi connectivity index (χ4v) is 2.41. The van der Waals surface area contributed by atoms with Gasteiger partial charge >= 0.3 is 0 Å². The third-order valence-electron chi connectivity index (χ3n) is 2.16. The molecule has 1 rings (SSSR count). The minimum Gasteiger partial charge on any atom is -0.328 e. The van der Waals surface area contributed by atoms with Crippen molar-refractivity contribution in [1.82, 2.24) is 0 Å². The largest absolute Gasteiger partial charge is 0.328 e. The molecule has 0 aromatic heterocycles. The molecular weight excluding hydrogens is 224 g/mol. The van der Waals surface area contributed by atoms with E-state index in [9.17, 15) is 10.1 Å². The second-order valence-corrected chi connectivity index (χ2v) is 4.81. The molecular formula is C11H16N2O2S. The van der Waals surface area contributed by atoms with Crippen molar-refractivity contribution in [2.45, 2.75) is 25.1 Å². The Hall–Kier alpha value is -1.07. The van der Waals surface area contributed by atoms with Gasteiger partial charge in [0.25, 0.3) is 5.69 Å². The molecule has 0 aliphatic rings. The van der Waals surface area contributed by atoms with Gasteiger partial charge in [-0.25, -0.2) is 0 Å². The Bertz CT molecular complexity index is 356. The van der Waals surface area contributed by atoms with Crippen LogP contribution in [0.2, 0.25) is 0 Å². The Labute approximate surface area is 99.4 Å². The fourth-order valence-electron chi connectivity index (χ4n) is 1.26. The lowest BCUT2D eigenvalue weighted by molar-refractivity contribution is -0.385. The number of thioether (sulfide) groups is 1. The van der Waals surface area contributed by atoms with Gasteiger partial charge in [0, 0.05) is 23.4 Å². The highest BCUT2D eigenvalue weighted by atomic mass is 32.2. The predicted molar refractivity (Wildman–Crippen MR) is 67.5 cm³/mol. The number of benzene rings is 1. The molecule has 1 unspecified atom stereocenters. The van der Waals surface area contributed by atoms with E-state index in [1.807, 2.05) is 13.0 Å². The molecule has 0 amide bonds. The minimum atomic E-state index is -0.332. The first kappa shape index (κ1) is 13.0. The maximum Gasteiger partial charge on any atom is 0.273 e. The Balaban J connectivity index is 2.50. The van der Waals surface area contributed by atoms with Crippen molar-refractivity contribution in [3.8, 4) is 0 Å². The van der Waals surface area contributed by atoms with Crippen LogP contribution in [0.25, 0.3) is 0 Å². The zero-order valence-corrected chi connectivity index (χ0v) is 10.1. The van der Waals surface area contributed by atoms with E-state index in [0.717, 1.165) is 17.7 Å². The number of rotatable bonds is 6. The lowest BCUT2D eigenvalue weighted by Gasteiger charge is -2.05. The molecule has 2 N–H and O–H groups in total. The second kappa shape index (κ2) is 6.50. The highest BCUT2D eigenvalue weighted by Gasteiger charge is 2.11. The van der Waals surface area contributed by atoms with Gasteiger partial charge in [0.15, 0.2) is 0 Å². The van der Waals surface area contributed by atoms with Crippen molar-refractivity contribution < 1.29 is 4.92 Å². The molecule has 1 aromatic carbocycles. The predicted octanol–water partition coefficient (Wildman–Crippen LogP) is 2.57. The highest BCUT2D eigenvalue weighted by molar-refractivity contribution is 7.98. The summed E-state index contributed by atoms with van der Waals surface area (Å²) in [5.74, 6) is 1.60. The van der Waals surface area contributed by atoms with Crippen LogP contribution in [0.1, 0.15) is 18.9 Å². The molecule has 5 heteroatoms. The first-order valence-corrected chi connectivity index (χ1v) is 6.32. The van der Waals surface area contributed by atoms with Crippen LogP contribution >= 0.6 is 11.8 Å². The molecule has 0 saturated heterocycles. The number of hydrogen-bond donors (Lipinski definition) is 1. The van der Waals surface area contributed by atoms with Crippen LogP contribution in [0.15, 0.2) is 24.3 Å². The lowest BCUT2D eigenvalue weighted by Crippen LogP contribution is -2.15. The van der Waals surface area contributed by atoms with E-state index < -0.39 is 0 Å². The summed E-state index contributed by atoms with van der Waals surface area (Å²) in [6.07, 6.45) is 0.936. The number of para-hydroxylation sites is 1. The summed E-state index contributed by atoms with van der Waals surface area (Å²) in [7, 11) is 0. The van der Waals surface area contributed by atoms with Gasteiger partial charge in [-0.1, -0.05) is 18.2 Å². The molecule has 0 saturated carbocycles. The van der Waals surface area contributed by atoms with Crippen molar-refractivity contribution in [2.75, 3.05) is 5.75 Å². The van der Waals surface area contributed by atoms with E-state index in [1.165, 1.54) is 0 Å². The number of hydrogen-bond acceptors (Lipinski definition) is 4. The van der Waals surface area contributed by atoms with Gasteiger partial charge in [0.05, 0.1) is 4.92 Å². The summed E-state index contributed by atoms with van der Waals surface area (Å²) in [6, 6.07) is 7.06. The van der Waals surface area contributed by atoms with Crippen molar-refractivity contribution in [3.05, 3.63) is 39.9 Å². The highest BCUT2D eigenvalue weighted by Crippen LogP contribution is 2.23. The smallest absolute Gasteiger partial charge is 0.273 e. The molecule has 0 bridgehead atoms. The van der Waals surface area contributed by atoms with Crippen LogP contribution < -0.4 is 5.73 Å². The van der Waals surface area contributed by atoms with Crippen LogP contribution in [-0.4, -0.2) is 16.7 Å². The van der Waals surface area contributed by atoms with E-state index in [4.69, 9.17) is 5.73 Å². The van der Waals surface area contributed by atoms with E-state index >= 15 is 0 Å². The topological polar surface area (TPSA) is 69.2 Å². The summed E-state index contributed by atoms with van der Waals surface area (Å²) in [5.41, 5.74) is 6.61. The van der Waals surface area contributed by atoms with Gasteiger partial charge in [-0.15, -0.1) is 0 Å². The number of nitrogens with zero attached hydrogens (tertiary/aromatic N) is 1. The van der Waals surface area contributed by atoms with E-state index in [0.29, 0.717) is 5.75 Å².